The lowest BCUT2D eigenvalue weighted by Gasteiger charge is -2.20. The molecule has 1 unspecified atom stereocenters. The Labute approximate surface area is 250 Å². The van der Waals surface area contributed by atoms with Crippen LogP contribution in [0.5, 0.6) is 11.5 Å². The molecule has 0 spiro atoms. The fourth-order valence-electron chi connectivity index (χ4n) is 4.04. The molecule has 2 heterocycles. The minimum Gasteiger partial charge on any atom is -0.493 e. The van der Waals surface area contributed by atoms with Crippen LogP contribution < -0.4 is 9.47 Å². The summed E-state index contributed by atoms with van der Waals surface area (Å²) in [7, 11) is 3.84. The third kappa shape index (κ3) is 13.3. The van der Waals surface area contributed by atoms with Crippen LogP contribution in [0.25, 0.3) is 0 Å². The summed E-state index contributed by atoms with van der Waals surface area (Å²) in [5.74, 6) is 1.66. The molecule has 0 N–H and O–H groups in total. The maximum Gasteiger partial charge on any atom is 0.306 e. The number of benzene rings is 3. The SMILES string of the molecule is C=C.CC.CN1CCCCC1.COc1ccccc1OCc1ccccc1.O=C1CC(c2ccccc2Br)CO1. The number of likely N-dealkylation sites (tertiary alicyclic amines) is 1. The van der Waals surface area contributed by atoms with Crippen LogP contribution in [0.4, 0.5) is 0 Å². The van der Waals surface area contributed by atoms with Crippen molar-refractivity contribution in [3.63, 3.8) is 0 Å². The Kier molecular flexibility index (Phi) is 19.0. The van der Waals surface area contributed by atoms with Crippen LogP contribution in [0.2, 0.25) is 0 Å². The molecule has 2 saturated heterocycles. The number of hydrogen-bond acceptors (Lipinski definition) is 5. The second kappa shape index (κ2) is 21.7. The summed E-state index contributed by atoms with van der Waals surface area (Å²) in [6.45, 7) is 13.7. The van der Waals surface area contributed by atoms with Gasteiger partial charge in [0.2, 0.25) is 0 Å². The van der Waals surface area contributed by atoms with Gasteiger partial charge in [0.25, 0.3) is 0 Å². The summed E-state index contributed by atoms with van der Waals surface area (Å²) in [5, 5.41) is 0. The number of rotatable bonds is 5. The molecule has 0 saturated carbocycles. The first-order valence-electron chi connectivity index (χ1n) is 13.9. The molecule has 0 amide bonds. The molecule has 1 atom stereocenters. The number of nitrogens with zero attached hydrogens (tertiary/aromatic N) is 1. The summed E-state index contributed by atoms with van der Waals surface area (Å²) in [4.78, 5) is 13.3. The standard InChI is InChI=1S/C14H14O2.C10H9BrO2.C6H13N.C2H6.C2H4/c1-15-13-9-5-6-10-14(13)16-11-12-7-3-2-4-8-12;11-9-4-2-1-3-8(9)7-5-10(12)13-6-7;1-7-5-3-2-4-6-7;2*1-2/h2-10H,11H2,1H3;1-4,7H,5-6H2;2-6H2,1H3;1-2H3;1-2H2. The van der Waals surface area contributed by atoms with Crippen molar-refractivity contribution < 1.29 is 19.0 Å². The zero-order valence-electron chi connectivity index (χ0n) is 24.6. The third-order valence-corrected chi connectivity index (χ3v) is 6.81. The maximum absolute atomic E-state index is 10.9. The van der Waals surface area contributed by atoms with E-state index in [-0.39, 0.29) is 11.9 Å². The highest BCUT2D eigenvalue weighted by Gasteiger charge is 2.26. The Morgan fingerprint density at radius 1 is 0.875 bits per heavy atom. The van der Waals surface area contributed by atoms with Gasteiger partial charge in [-0.05, 0) is 62.3 Å². The van der Waals surface area contributed by atoms with E-state index in [9.17, 15) is 4.79 Å². The molecule has 2 fully saturated rings. The molecule has 0 bridgehead atoms. The Balaban J connectivity index is 0.000000298. The van der Waals surface area contributed by atoms with Gasteiger partial charge in [0.05, 0.1) is 20.1 Å². The fraction of sp³-hybridized carbons (Fsp3) is 0.382. The first-order valence-corrected chi connectivity index (χ1v) is 14.7. The number of esters is 1. The van der Waals surface area contributed by atoms with Crippen LogP contribution in [0.3, 0.4) is 0 Å². The van der Waals surface area contributed by atoms with E-state index in [0.717, 1.165) is 27.1 Å². The molecule has 3 aromatic carbocycles. The highest BCUT2D eigenvalue weighted by molar-refractivity contribution is 9.10. The Morgan fingerprint density at radius 3 is 1.98 bits per heavy atom. The summed E-state index contributed by atoms with van der Waals surface area (Å²) in [6, 6.07) is 25.7. The monoisotopic (exact) mass is 611 g/mol. The summed E-state index contributed by atoms with van der Waals surface area (Å²) in [5.41, 5.74) is 2.31. The van der Waals surface area contributed by atoms with Crippen LogP contribution in [0.1, 0.15) is 56.6 Å². The average Bonchev–Trinajstić information content (AvgIpc) is 3.46. The Bertz CT molecular complexity index is 1070. The lowest BCUT2D eigenvalue weighted by Crippen LogP contribution is -2.24. The molecule has 2 aliphatic heterocycles. The predicted molar refractivity (Wildman–Crippen MR) is 170 cm³/mol. The second-order valence-corrected chi connectivity index (χ2v) is 9.75. The van der Waals surface area contributed by atoms with E-state index in [1.165, 1.54) is 32.4 Å². The van der Waals surface area contributed by atoms with E-state index < -0.39 is 0 Å². The minimum atomic E-state index is -0.0965. The van der Waals surface area contributed by atoms with Gasteiger partial charge in [-0.25, -0.2) is 0 Å². The molecule has 0 radical (unpaired) electrons. The number of cyclic esters (lactones) is 1. The fourth-order valence-corrected chi connectivity index (χ4v) is 4.65. The van der Waals surface area contributed by atoms with Crippen LogP contribution in [0, 0.1) is 0 Å². The highest BCUT2D eigenvalue weighted by Crippen LogP contribution is 2.31. The van der Waals surface area contributed by atoms with Crippen LogP contribution in [-0.2, 0) is 16.1 Å². The third-order valence-electron chi connectivity index (χ3n) is 6.09. The number of carbonyl (C=O) groups is 1. The van der Waals surface area contributed by atoms with Crippen molar-refractivity contribution in [3.8, 4) is 11.5 Å². The zero-order valence-corrected chi connectivity index (χ0v) is 26.2. The number of para-hydroxylation sites is 2. The number of methoxy groups -OCH3 is 1. The van der Waals surface area contributed by atoms with Gasteiger partial charge >= 0.3 is 5.97 Å². The largest absolute Gasteiger partial charge is 0.493 e. The van der Waals surface area contributed by atoms with Gasteiger partial charge in [-0.3, -0.25) is 4.79 Å². The molecule has 40 heavy (non-hydrogen) atoms. The number of halogens is 1. The molecule has 5 nitrogen and oxygen atoms in total. The Morgan fingerprint density at radius 2 is 1.45 bits per heavy atom. The van der Waals surface area contributed by atoms with Gasteiger partial charge in [-0.15, -0.1) is 13.2 Å². The van der Waals surface area contributed by atoms with E-state index in [1.807, 2.05) is 92.7 Å². The summed E-state index contributed by atoms with van der Waals surface area (Å²) in [6.07, 6.45) is 4.78. The molecule has 3 aromatic rings. The van der Waals surface area contributed by atoms with Crippen molar-refractivity contribution in [3.05, 3.63) is 108 Å². The van der Waals surface area contributed by atoms with Gasteiger partial charge < -0.3 is 19.1 Å². The maximum atomic E-state index is 10.9. The molecule has 2 aliphatic rings. The molecule has 6 heteroatoms. The first-order chi connectivity index (χ1) is 19.6. The van der Waals surface area contributed by atoms with Gasteiger partial charge in [-0.1, -0.05) is 96.9 Å². The van der Waals surface area contributed by atoms with E-state index in [4.69, 9.17) is 14.2 Å². The molecular weight excluding hydrogens is 566 g/mol. The van der Waals surface area contributed by atoms with Gasteiger partial charge in [0.15, 0.2) is 11.5 Å². The van der Waals surface area contributed by atoms with Crippen molar-refractivity contribution in [2.24, 2.45) is 0 Å². The lowest BCUT2D eigenvalue weighted by molar-refractivity contribution is -0.137. The zero-order chi connectivity index (χ0) is 29.6. The highest BCUT2D eigenvalue weighted by atomic mass is 79.9. The summed E-state index contributed by atoms with van der Waals surface area (Å²) < 4.78 is 16.9. The van der Waals surface area contributed by atoms with Gasteiger partial charge in [-0.2, -0.15) is 0 Å². The van der Waals surface area contributed by atoms with Crippen molar-refractivity contribution in [1.29, 1.82) is 0 Å². The topological polar surface area (TPSA) is 48.0 Å². The van der Waals surface area contributed by atoms with Gasteiger partial charge in [0.1, 0.15) is 6.61 Å². The minimum absolute atomic E-state index is 0.0965. The normalized spacial score (nSPS) is 15.6. The molecular formula is C34H46BrNO4. The molecule has 0 aromatic heterocycles. The van der Waals surface area contributed by atoms with Crippen LogP contribution >= 0.6 is 15.9 Å². The molecule has 218 valence electrons. The lowest BCUT2D eigenvalue weighted by atomic mass is 9.99. The van der Waals surface area contributed by atoms with E-state index in [2.05, 4.69) is 41.0 Å². The Hall–Kier alpha value is -3.09. The number of carbonyl (C=O) groups excluding carboxylic acids is 1. The number of ether oxygens (including phenoxy) is 3. The first kappa shape index (κ1) is 34.9. The van der Waals surface area contributed by atoms with Crippen molar-refractivity contribution >= 4 is 21.9 Å². The number of piperidine rings is 1. The van der Waals surface area contributed by atoms with E-state index in [1.54, 1.807) is 7.11 Å². The average molecular weight is 613 g/mol. The quantitative estimate of drug-likeness (QED) is 0.213. The van der Waals surface area contributed by atoms with Crippen molar-refractivity contribution in [2.45, 2.75) is 52.1 Å². The van der Waals surface area contributed by atoms with E-state index in [0.29, 0.717) is 19.6 Å². The van der Waals surface area contributed by atoms with Crippen LogP contribution in [0.15, 0.2) is 96.5 Å². The molecule has 5 rings (SSSR count). The predicted octanol–water partition coefficient (Wildman–Crippen LogP) is 8.68. The number of hydrogen-bond donors (Lipinski definition) is 0. The van der Waals surface area contributed by atoms with Crippen molar-refractivity contribution in [1.82, 2.24) is 4.90 Å². The smallest absolute Gasteiger partial charge is 0.306 e. The van der Waals surface area contributed by atoms with E-state index >= 15 is 0 Å². The van der Waals surface area contributed by atoms with Crippen molar-refractivity contribution in [2.75, 3.05) is 33.9 Å². The van der Waals surface area contributed by atoms with Gasteiger partial charge in [0, 0.05) is 10.4 Å². The summed E-state index contributed by atoms with van der Waals surface area (Å²) >= 11 is 3.46. The van der Waals surface area contributed by atoms with Crippen LogP contribution in [-0.4, -0.2) is 44.7 Å². The molecule has 0 aliphatic carbocycles. The second-order valence-electron chi connectivity index (χ2n) is 8.89.